The molecule has 0 saturated carbocycles. The van der Waals surface area contributed by atoms with Crippen LogP contribution in [0.1, 0.15) is 48.8 Å². The molecular weight excluding hydrogens is 686 g/mol. The summed E-state index contributed by atoms with van der Waals surface area (Å²) in [7, 11) is -3.18. The molecule has 0 bridgehead atoms. The molecular formula is C32H35F3N6O6S2. The highest BCUT2D eigenvalue weighted by atomic mass is 32.2. The van der Waals surface area contributed by atoms with Gasteiger partial charge in [0.15, 0.2) is 5.69 Å². The maximum atomic E-state index is 13.8. The third-order valence-electron chi connectivity index (χ3n) is 8.00. The van der Waals surface area contributed by atoms with Crippen LogP contribution in [0.25, 0.3) is 32.6 Å². The van der Waals surface area contributed by atoms with Gasteiger partial charge in [0.25, 0.3) is 0 Å². The molecule has 17 heteroatoms. The first kappa shape index (κ1) is 35.9. The predicted molar refractivity (Wildman–Crippen MR) is 181 cm³/mol. The van der Waals surface area contributed by atoms with Crippen molar-refractivity contribution in [1.29, 1.82) is 0 Å². The molecule has 2 N–H and O–H groups in total. The molecule has 2 amide bonds. The Labute approximate surface area is 284 Å². The summed E-state index contributed by atoms with van der Waals surface area (Å²) in [5.74, 6) is -0.734. The Morgan fingerprint density at radius 3 is 2.61 bits per heavy atom. The second kappa shape index (κ2) is 14.6. The second-order valence-corrected chi connectivity index (χ2v) is 14.7. The average Bonchev–Trinajstić information content (AvgIpc) is 3.55. The molecule has 4 heterocycles. The average molecular weight is 721 g/mol. The van der Waals surface area contributed by atoms with E-state index in [4.69, 9.17) is 4.74 Å². The Kier molecular flexibility index (Phi) is 10.7. The van der Waals surface area contributed by atoms with E-state index in [1.165, 1.54) is 24.7 Å². The maximum absolute atomic E-state index is 13.8. The van der Waals surface area contributed by atoms with Crippen molar-refractivity contribution in [3.05, 3.63) is 63.5 Å². The third kappa shape index (κ3) is 8.45. The van der Waals surface area contributed by atoms with Crippen LogP contribution in [-0.2, 0) is 20.8 Å². The number of esters is 1. The standard InChI is InChI=1S/C32H35F3N6O6S2/c1-4-36-31(44)39-27-14-21(29-38-26(18-48-29)32(33,34)35)23(15-37-27)19-8-9-25-22(13-19)28(42)24(30(43)47-5-2)17-41(25)20-7-6-10-40(16-20)11-12-49(3,45)46/h8-9,13-15,17-18,20H,4-7,10-12,16H2,1-3H3,(H2,36,37,39,44)/t20-/m0/s1. The molecule has 262 valence electrons. The Balaban J connectivity index is 1.65. The Hall–Kier alpha value is -4.35. The molecule has 1 aliphatic heterocycles. The normalized spacial score (nSPS) is 15.7. The minimum absolute atomic E-state index is 0.000412. The number of rotatable bonds is 10. The zero-order valence-corrected chi connectivity index (χ0v) is 28.6. The van der Waals surface area contributed by atoms with Gasteiger partial charge in [-0.15, -0.1) is 11.3 Å². The van der Waals surface area contributed by atoms with Crippen LogP contribution in [0.5, 0.6) is 0 Å². The van der Waals surface area contributed by atoms with E-state index in [0.29, 0.717) is 49.2 Å². The van der Waals surface area contributed by atoms with Crippen molar-refractivity contribution in [2.24, 2.45) is 0 Å². The number of carbonyl (C=O) groups excluding carboxylic acids is 2. The summed E-state index contributed by atoms with van der Waals surface area (Å²) >= 11 is 0.765. The zero-order valence-electron chi connectivity index (χ0n) is 27.0. The first-order chi connectivity index (χ1) is 23.2. The molecule has 1 fully saturated rings. The highest BCUT2D eigenvalue weighted by molar-refractivity contribution is 7.90. The molecule has 5 rings (SSSR count). The fourth-order valence-electron chi connectivity index (χ4n) is 5.71. The number of aromatic nitrogens is 3. The van der Waals surface area contributed by atoms with Gasteiger partial charge >= 0.3 is 18.2 Å². The lowest BCUT2D eigenvalue weighted by molar-refractivity contribution is -0.140. The molecule has 4 aromatic rings. The molecule has 49 heavy (non-hydrogen) atoms. The van der Waals surface area contributed by atoms with Crippen LogP contribution in [0.2, 0.25) is 0 Å². The molecule has 1 atom stereocenters. The van der Waals surface area contributed by atoms with Gasteiger partial charge in [-0.1, -0.05) is 6.07 Å². The number of hydrogen-bond donors (Lipinski definition) is 2. The van der Waals surface area contributed by atoms with Crippen LogP contribution in [0.15, 0.2) is 46.8 Å². The molecule has 0 spiro atoms. The number of carbonyl (C=O) groups is 2. The number of piperidine rings is 1. The number of amides is 2. The van der Waals surface area contributed by atoms with E-state index in [2.05, 4.69) is 20.6 Å². The van der Waals surface area contributed by atoms with Crippen molar-refractivity contribution in [1.82, 2.24) is 24.8 Å². The number of nitrogens with one attached hydrogen (secondary N) is 2. The minimum Gasteiger partial charge on any atom is -0.462 e. The smallest absolute Gasteiger partial charge is 0.434 e. The number of sulfone groups is 1. The molecule has 0 radical (unpaired) electrons. The number of nitrogens with zero attached hydrogens (tertiary/aromatic N) is 4. The van der Waals surface area contributed by atoms with Gasteiger partial charge in [-0.2, -0.15) is 13.2 Å². The zero-order chi connectivity index (χ0) is 35.5. The van der Waals surface area contributed by atoms with Gasteiger partial charge in [0, 0.05) is 66.2 Å². The predicted octanol–water partition coefficient (Wildman–Crippen LogP) is 5.21. The van der Waals surface area contributed by atoms with Crippen molar-refractivity contribution in [3.8, 4) is 21.7 Å². The van der Waals surface area contributed by atoms with Crippen molar-refractivity contribution in [2.75, 3.05) is 50.1 Å². The highest BCUT2D eigenvalue weighted by Gasteiger charge is 2.34. The van der Waals surface area contributed by atoms with E-state index in [1.54, 1.807) is 32.0 Å². The molecule has 1 aliphatic rings. The van der Waals surface area contributed by atoms with Crippen LogP contribution >= 0.6 is 11.3 Å². The summed E-state index contributed by atoms with van der Waals surface area (Å²) in [4.78, 5) is 49.2. The summed E-state index contributed by atoms with van der Waals surface area (Å²) in [6.45, 7) is 5.25. The van der Waals surface area contributed by atoms with Gasteiger partial charge in [-0.3, -0.25) is 10.1 Å². The van der Waals surface area contributed by atoms with Gasteiger partial charge in [-0.25, -0.2) is 28.0 Å². The molecule has 3 aromatic heterocycles. The highest BCUT2D eigenvalue weighted by Crippen LogP contribution is 2.39. The van der Waals surface area contributed by atoms with E-state index in [0.717, 1.165) is 23.1 Å². The number of alkyl halides is 3. The minimum atomic E-state index is -4.68. The lowest BCUT2D eigenvalue weighted by Gasteiger charge is -2.34. The van der Waals surface area contributed by atoms with Gasteiger partial charge in [0.2, 0.25) is 5.43 Å². The number of anilines is 1. The number of fused-ring (bicyclic) bond motifs is 1. The Bertz CT molecular complexity index is 2050. The van der Waals surface area contributed by atoms with Gasteiger partial charge in [-0.05, 0) is 57.0 Å². The largest absolute Gasteiger partial charge is 0.462 e. The molecule has 0 aliphatic carbocycles. The van der Waals surface area contributed by atoms with Gasteiger partial charge in [0.1, 0.15) is 26.2 Å². The third-order valence-corrected chi connectivity index (χ3v) is 9.80. The molecule has 1 saturated heterocycles. The van der Waals surface area contributed by atoms with Gasteiger partial charge < -0.3 is 19.5 Å². The summed E-state index contributed by atoms with van der Waals surface area (Å²) in [5, 5.41) is 6.19. The summed E-state index contributed by atoms with van der Waals surface area (Å²) in [5.41, 5.74) is -0.364. The monoisotopic (exact) mass is 720 g/mol. The van der Waals surface area contributed by atoms with Crippen molar-refractivity contribution in [2.45, 2.75) is 38.9 Å². The van der Waals surface area contributed by atoms with Crippen molar-refractivity contribution >= 4 is 49.9 Å². The topological polar surface area (TPSA) is 153 Å². The fraction of sp³-hybridized carbons (Fsp3) is 0.406. The molecule has 12 nitrogen and oxygen atoms in total. The van der Waals surface area contributed by atoms with Crippen LogP contribution < -0.4 is 16.1 Å². The van der Waals surface area contributed by atoms with Crippen LogP contribution in [0.3, 0.4) is 0 Å². The number of likely N-dealkylation sites (tertiary alicyclic amines) is 1. The van der Waals surface area contributed by atoms with Gasteiger partial charge in [0.05, 0.1) is 17.9 Å². The van der Waals surface area contributed by atoms with Crippen LogP contribution in [0.4, 0.5) is 23.8 Å². The Morgan fingerprint density at radius 1 is 1.16 bits per heavy atom. The van der Waals surface area contributed by atoms with Crippen molar-refractivity contribution < 1.29 is 35.9 Å². The summed E-state index contributed by atoms with van der Waals surface area (Å²) < 4.78 is 71.3. The van der Waals surface area contributed by atoms with Crippen molar-refractivity contribution in [3.63, 3.8) is 0 Å². The summed E-state index contributed by atoms with van der Waals surface area (Å²) in [6, 6.07) is 5.60. The number of ether oxygens (including phenoxy) is 1. The number of halogens is 3. The first-order valence-electron chi connectivity index (χ1n) is 15.5. The Morgan fingerprint density at radius 2 is 1.94 bits per heavy atom. The number of hydrogen-bond acceptors (Lipinski definition) is 10. The van der Waals surface area contributed by atoms with E-state index in [9.17, 15) is 36.0 Å². The SMILES string of the molecule is CCNC(=O)Nc1cc(-c2nc(C(F)(F)F)cs2)c(-c2ccc3c(c2)c(=O)c(C(=O)OCC)cn3[C@H]2CCCN(CCS(C)(=O)=O)C2)cn1. The van der Waals surface area contributed by atoms with E-state index < -0.39 is 39.1 Å². The van der Waals surface area contributed by atoms with Crippen LogP contribution in [-0.4, -0.2) is 84.6 Å². The lowest BCUT2D eigenvalue weighted by Crippen LogP contribution is -2.39. The maximum Gasteiger partial charge on any atom is 0.434 e. The second-order valence-electron chi connectivity index (χ2n) is 11.6. The van der Waals surface area contributed by atoms with E-state index >= 15 is 0 Å². The summed E-state index contributed by atoms with van der Waals surface area (Å²) in [6.07, 6.45) is 0.828. The number of benzene rings is 1. The molecule has 0 unspecified atom stereocenters. The molecule has 1 aromatic carbocycles. The fourth-order valence-corrected chi connectivity index (χ4v) is 7.16. The number of thiazole rings is 1. The van der Waals surface area contributed by atoms with E-state index in [-0.39, 0.29) is 45.7 Å². The first-order valence-corrected chi connectivity index (χ1v) is 18.5. The number of pyridine rings is 2. The van der Waals surface area contributed by atoms with Crippen LogP contribution in [0, 0.1) is 0 Å². The quantitative estimate of drug-likeness (QED) is 0.211. The van der Waals surface area contributed by atoms with E-state index in [1.807, 2.05) is 9.47 Å². The lowest BCUT2D eigenvalue weighted by atomic mass is 9.98. The number of urea groups is 1.